The summed E-state index contributed by atoms with van der Waals surface area (Å²) in [4.78, 5) is 4.20. The Hall–Kier alpha value is -0.770. The standard InChI is InChI=1S/C9H13N3S/c10-8-4-11-9(13-8)12-7-2-5-1-6(5)3-7/h4-7H,1-3,10H2,(H,11,12). The minimum Gasteiger partial charge on any atom is -0.389 e. The molecule has 0 aromatic carbocycles. The summed E-state index contributed by atoms with van der Waals surface area (Å²) in [5.41, 5.74) is 5.60. The number of rotatable bonds is 2. The van der Waals surface area contributed by atoms with E-state index in [1.807, 2.05) is 0 Å². The van der Waals surface area contributed by atoms with E-state index in [0.29, 0.717) is 6.04 Å². The van der Waals surface area contributed by atoms with Crippen molar-refractivity contribution in [1.82, 2.24) is 4.98 Å². The van der Waals surface area contributed by atoms with Crippen molar-refractivity contribution in [3.63, 3.8) is 0 Å². The van der Waals surface area contributed by atoms with E-state index in [2.05, 4.69) is 10.3 Å². The Labute approximate surface area is 81.4 Å². The van der Waals surface area contributed by atoms with Gasteiger partial charge in [-0.05, 0) is 31.1 Å². The monoisotopic (exact) mass is 195 g/mol. The summed E-state index contributed by atoms with van der Waals surface area (Å²) < 4.78 is 0. The van der Waals surface area contributed by atoms with Gasteiger partial charge in [-0.2, -0.15) is 0 Å². The second-order valence-electron chi connectivity index (χ2n) is 4.14. The molecule has 3 nitrogen and oxygen atoms in total. The molecule has 2 fully saturated rings. The van der Waals surface area contributed by atoms with E-state index >= 15 is 0 Å². The summed E-state index contributed by atoms with van der Waals surface area (Å²) in [6.07, 6.45) is 5.87. The molecule has 0 bridgehead atoms. The van der Waals surface area contributed by atoms with Gasteiger partial charge in [0.1, 0.15) is 5.00 Å². The second kappa shape index (κ2) is 2.61. The molecule has 2 aliphatic rings. The SMILES string of the molecule is Nc1cnc(NC2CC3CC3C2)s1. The van der Waals surface area contributed by atoms with Gasteiger partial charge >= 0.3 is 0 Å². The average Bonchev–Trinajstić information content (AvgIpc) is 2.55. The number of nitrogens with zero attached hydrogens (tertiary/aromatic N) is 1. The molecule has 0 amide bonds. The molecular formula is C9H13N3S. The molecule has 1 heterocycles. The van der Waals surface area contributed by atoms with Crippen molar-refractivity contribution in [2.45, 2.75) is 25.3 Å². The first kappa shape index (κ1) is 7.62. The third-order valence-electron chi connectivity index (χ3n) is 3.09. The maximum absolute atomic E-state index is 5.60. The van der Waals surface area contributed by atoms with Crippen molar-refractivity contribution < 1.29 is 0 Å². The Morgan fingerprint density at radius 2 is 2.15 bits per heavy atom. The van der Waals surface area contributed by atoms with Gasteiger partial charge in [0.2, 0.25) is 0 Å². The summed E-state index contributed by atoms with van der Waals surface area (Å²) in [7, 11) is 0. The maximum Gasteiger partial charge on any atom is 0.184 e. The maximum atomic E-state index is 5.60. The molecule has 1 aromatic heterocycles. The van der Waals surface area contributed by atoms with E-state index in [1.165, 1.54) is 19.3 Å². The Balaban J connectivity index is 1.63. The van der Waals surface area contributed by atoms with Crippen LogP contribution in [0, 0.1) is 11.8 Å². The third-order valence-corrected chi connectivity index (χ3v) is 3.85. The number of nitrogens with two attached hydrogens (primary N) is 1. The molecule has 70 valence electrons. The Morgan fingerprint density at radius 1 is 1.38 bits per heavy atom. The lowest BCUT2D eigenvalue weighted by atomic mass is 10.2. The molecule has 13 heavy (non-hydrogen) atoms. The van der Waals surface area contributed by atoms with Gasteiger partial charge in [0.25, 0.3) is 0 Å². The lowest BCUT2D eigenvalue weighted by Crippen LogP contribution is -2.16. The number of aromatic nitrogens is 1. The van der Waals surface area contributed by atoms with Gasteiger partial charge < -0.3 is 11.1 Å². The zero-order chi connectivity index (χ0) is 8.84. The fourth-order valence-corrected chi connectivity index (χ4v) is 3.02. The molecule has 2 aliphatic carbocycles. The first-order valence-electron chi connectivity index (χ1n) is 4.79. The van der Waals surface area contributed by atoms with Crippen LogP contribution in [-0.2, 0) is 0 Å². The van der Waals surface area contributed by atoms with Crippen molar-refractivity contribution in [3.8, 4) is 0 Å². The lowest BCUT2D eigenvalue weighted by Gasteiger charge is -2.12. The third kappa shape index (κ3) is 1.39. The van der Waals surface area contributed by atoms with Gasteiger partial charge in [-0.25, -0.2) is 4.98 Å². The molecule has 0 aliphatic heterocycles. The highest BCUT2D eigenvalue weighted by Crippen LogP contribution is 2.52. The summed E-state index contributed by atoms with van der Waals surface area (Å²) in [5.74, 6) is 2.05. The molecule has 2 atom stereocenters. The van der Waals surface area contributed by atoms with Gasteiger partial charge in [-0.15, -0.1) is 0 Å². The Kier molecular flexibility index (Phi) is 1.53. The first-order valence-corrected chi connectivity index (χ1v) is 5.61. The van der Waals surface area contributed by atoms with E-state index in [9.17, 15) is 0 Å². The van der Waals surface area contributed by atoms with Gasteiger partial charge in [0, 0.05) is 6.04 Å². The van der Waals surface area contributed by atoms with E-state index in [-0.39, 0.29) is 0 Å². The van der Waals surface area contributed by atoms with Crippen LogP contribution in [0.1, 0.15) is 19.3 Å². The number of nitrogen functional groups attached to an aromatic ring is 1. The zero-order valence-corrected chi connectivity index (χ0v) is 8.18. The smallest absolute Gasteiger partial charge is 0.184 e. The molecule has 2 saturated carbocycles. The van der Waals surface area contributed by atoms with Crippen LogP contribution in [0.5, 0.6) is 0 Å². The summed E-state index contributed by atoms with van der Waals surface area (Å²) in [6, 6.07) is 0.661. The molecule has 0 radical (unpaired) electrons. The second-order valence-corrected chi connectivity index (χ2v) is 5.20. The quantitative estimate of drug-likeness (QED) is 0.758. The van der Waals surface area contributed by atoms with E-state index in [1.54, 1.807) is 17.5 Å². The van der Waals surface area contributed by atoms with Crippen LogP contribution in [0.3, 0.4) is 0 Å². The van der Waals surface area contributed by atoms with Crippen LogP contribution in [0.15, 0.2) is 6.20 Å². The number of fused-ring (bicyclic) bond motifs is 1. The normalized spacial score (nSPS) is 35.8. The molecule has 3 rings (SSSR count). The van der Waals surface area contributed by atoms with Crippen molar-refractivity contribution in [2.24, 2.45) is 11.8 Å². The van der Waals surface area contributed by atoms with E-state index in [0.717, 1.165) is 22.0 Å². The van der Waals surface area contributed by atoms with Gasteiger partial charge in [-0.3, -0.25) is 0 Å². The van der Waals surface area contributed by atoms with Gasteiger partial charge in [-0.1, -0.05) is 11.3 Å². The molecule has 4 heteroatoms. The van der Waals surface area contributed by atoms with Crippen LogP contribution in [-0.4, -0.2) is 11.0 Å². The van der Waals surface area contributed by atoms with Crippen molar-refractivity contribution in [2.75, 3.05) is 11.1 Å². The van der Waals surface area contributed by atoms with Gasteiger partial charge in [0.15, 0.2) is 5.13 Å². The summed E-state index contributed by atoms with van der Waals surface area (Å²) >= 11 is 1.55. The number of hydrogen-bond acceptors (Lipinski definition) is 4. The summed E-state index contributed by atoms with van der Waals surface area (Å²) in [6.45, 7) is 0. The van der Waals surface area contributed by atoms with Crippen LogP contribution in [0.25, 0.3) is 0 Å². The van der Waals surface area contributed by atoms with Crippen LogP contribution in [0.2, 0.25) is 0 Å². The molecule has 1 aromatic rings. The number of thiazole rings is 1. The van der Waals surface area contributed by atoms with Crippen LogP contribution >= 0.6 is 11.3 Å². The Bertz CT molecular complexity index is 312. The van der Waals surface area contributed by atoms with Crippen molar-refractivity contribution in [3.05, 3.63) is 6.20 Å². The van der Waals surface area contributed by atoms with E-state index < -0.39 is 0 Å². The predicted octanol–water partition coefficient (Wildman–Crippen LogP) is 1.94. The average molecular weight is 195 g/mol. The van der Waals surface area contributed by atoms with Crippen molar-refractivity contribution >= 4 is 21.5 Å². The van der Waals surface area contributed by atoms with Crippen LogP contribution in [0.4, 0.5) is 10.1 Å². The lowest BCUT2D eigenvalue weighted by molar-refractivity contribution is 0.651. The molecule has 3 N–H and O–H groups in total. The highest BCUT2D eigenvalue weighted by molar-refractivity contribution is 7.19. The number of hydrogen-bond donors (Lipinski definition) is 2. The number of nitrogens with one attached hydrogen (secondary N) is 1. The predicted molar refractivity (Wildman–Crippen MR) is 54.8 cm³/mol. The summed E-state index contributed by atoms with van der Waals surface area (Å²) in [5, 5.41) is 5.24. The zero-order valence-electron chi connectivity index (χ0n) is 7.36. The minimum absolute atomic E-state index is 0.661. The van der Waals surface area contributed by atoms with E-state index in [4.69, 9.17) is 5.73 Å². The highest BCUT2D eigenvalue weighted by Gasteiger charge is 2.45. The molecule has 0 spiro atoms. The van der Waals surface area contributed by atoms with Crippen LogP contribution < -0.4 is 11.1 Å². The topological polar surface area (TPSA) is 50.9 Å². The minimum atomic E-state index is 0.661. The highest BCUT2D eigenvalue weighted by atomic mass is 32.1. The fourth-order valence-electron chi connectivity index (χ4n) is 2.36. The van der Waals surface area contributed by atoms with Gasteiger partial charge in [0.05, 0.1) is 6.20 Å². The first-order chi connectivity index (χ1) is 6.31. The number of anilines is 2. The molecule has 0 saturated heterocycles. The molecule has 2 unspecified atom stereocenters. The fraction of sp³-hybridized carbons (Fsp3) is 0.667. The largest absolute Gasteiger partial charge is 0.389 e. The Morgan fingerprint density at radius 3 is 2.77 bits per heavy atom. The van der Waals surface area contributed by atoms with Crippen molar-refractivity contribution in [1.29, 1.82) is 0 Å². The molecular weight excluding hydrogens is 182 g/mol.